The van der Waals surface area contributed by atoms with Crippen LogP contribution in [0.25, 0.3) is 0 Å². The molecule has 0 aliphatic heterocycles. The molecule has 0 unspecified atom stereocenters. The van der Waals surface area contributed by atoms with Crippen LogP contribution in [0.4, 0.5) is 0 Å². The van der Waals surface area contributed by atoms with Gasteiger partial charge in [0.2, 0.25) is 0 Å². The third-order valence-corrected chi connectivity index (χ3v) is 3.96. The highest BCUT2D eigenvalue weighted by Crippen LogP contribution is 2.38. The van der Waals surface area contributed by atoms with Gasteiger partial charge in [0.05, 0.1) is 0 Å². The summed E-state index contributed by atoms with van der Waals surface area (Å²) in [4.78, 5) is 0. The summed E-state index contributed by atoms with van der Waals surface area (Å²) >= 11 is 0. The van der Waals surface area contributed by atoms with Crippen LogP contribution in [0.3, 0.4) is 0 Å². The average Bonchev–Trinajstić information content (AvgIpc) is 2.05. The zero-order chi connectivity index (χ0) is 9.41. The van der Waals surface area contributed by atoms with E-state index in [0.717, 1.165) is 0 Å². The van der Waals surface area contributed by atoms with E-state index in [1.807, 2.05) is 0 Å². The maximum absolute atomic E-state index is 2.52. The first-order chi connectivity index (χ1) is 5.29. The van der Waals surface area contributed by atoms with Crippen LogP contribution in [0.5, 0.6) is 0 Å². The molecular weight excluding hydrogens is 160 g/mol. The molecule has 12 heavy (non-hydrogen) atoms. The molecule has 0 bridgehead atoms. The van der Waals surface area contributed by atoms with Crippen molar-refractivity contribution in [2.75, 3.05) is 0 Å². The molecule has 0 aromatic heterocycles. The van der Waals surface area contributed by atoms with Crippen LogP contribution in [0.2, 0.25) is 25.7 Å². The zero-order valence-electron chi connectivity index (χ0n) is 9.20. The molecule has 0 saturated heterocycles. The van der Waals surface area contributed by atoms with E-state index in [9.17, 15) is 0 Å². The lowest BCUT2D eigenvalue weighted by Crippen LogP contribution is -2.19. The molecule has 0 amide bonds. The second-order valence-corrected chi connectivity index (χ2v) is 11.5. The number of rotatable bonds is 2. The predicted molar refractivity (Wildman–Crippen MR) is 59.3 cm³/mol. The van der Waals surface area contributed by atoms with Crippen molar-refractivity contribution in [3.63, 3.8) is 0 Å². The minimum absolute atomic E-state index is 0.495. The fourth-order valence-corrected chi connectivity index (χ4v) is 3.64. The van der Waals surface area contributed by atoms with Crippen LogP contribution in [-0.4, -0.2) is 8.07 Å². The van der Waals surface area contributed by atoms with Crippen LogP contribution in [0.1, 0.15) is 26.7 Å². The minimum atomic E-state index is -0.853. The number of hydrogen-bond donors (Lipinski definition) is 0. The van der Waals surface area contributed by atoms with Crippen molar-refractivity contribution in [1.82, 2.24) is 0 Å². The molecular formula is C11H22Si. The Balaban J connectivity index is 2.57. The largest absolute Gasteiger partial charge is 0.0799 e. The SMILES string of the molecule is CC1(C)C=C(C[Si](C)(C)C)CC1. The van der Waals surface area contributed by atoms with Gasteiger partial charge in [-0.2, -0.15) is 0 Å². The fourth-order valence-electron chi connectivity index (χ4n) is 2.00. The first kappa shape index (κ1) is 10.0. The summed E-state index contributed by atoms with van der Waals surface area (Å²) in [5, 5.41) is 0. The first-order valence-corrected chi connectivity index (χ1v) is 8.70. The van der Waals surface area contributed by atoms with E-state index in [2.05, 4.69) is 39.6 Å². The summed E-state index contributed by atoms with van der Waals surface area (Å²) in [6.07, 6.45) is 5.25. The Morgan fingerprint density at radius 1 is 1.33 bits per heavy atom. The highest BCUT2D eigenvalue weighted by Gasteiger charge is 2.25. The van der Waals surface area contributed by atoms with Gasteiger partial charge in [-0.3, -0.25) is 0 Å². The van der Waals surface area contributed by atoms with Gasteiger partial charge in [0.15, 0.2) is 0 Å². The highest BCUT2D eigenvalue weighted by molar-refractivity contribution is 6.76. The Morgan fingerprint density at radius 3 is 2.25 bits per heavy atom. The maximum atomic E-state index is 2.52. The van der Waals surface area contributed by atoms with Gasteiger partial charge in [-0.15, -0.1) is 0 Å². The lowest BCUT2D eigenvalue weighted by Gasteiger charge is -2.16. The van der Waals surface area contributed by atoms with Crippen molar-refractivity contribution in [1.29, 1.82) is 0 Å². The molecule has 0 radical (unpaired) electrons. The standard InChI is InChI=1S/C11H22Si/c1-11(2)7-6-10(8-11)9-12(3,4)5/h8H,6-7,9H2,1-5H3. The van der Waals surface area contributed by atoms with Crippen molar-refractivity contribution in [3.05, 3.63) is 11.6 Å². The number of hydrogen-bond acceptors (Lipinski definition) is 0. The quantitative estimate of drug-likeness (QED) is 0.446. The van der Waals surface area contributed by atoms with Gasteiger partial charge in [0, 0.05) is 8.07 Å². The summed E-state index contributed by atoms with van der Waals surface area (Å²) in [7, 11) is -0.853. The molecule has 0 saturated carbocycles. The molecule has 0 nitrogen and oxygen atoms in total. The van der Waals surface area contributed by atoms with Gasteiger partial charge in [-0.1, -0.05) is 45.1 Å². The molecule has 1 aliphatic rings. The van der Waals surface area contributed by atoms with Crippen LogP contribution < -0.4 is 0 Å². The lowest BCUT2D eigenvalue weighted by molar-refractivity contribution is 0.470. The van der Waals surface area contributed by atoms with Crippen LogP contribution in [-0.2, 0) is 0 Å². The van der Waals surface area contributed by atoms with E-state index >= 15 is 0 Å². The second kappa shape index (κ2) is 3.02. The van der Waals surface area contributed by atoms with Crippen molar-refractivity contribution in [3.8, 4) is 0 Å². The van der Waals surface area contributed by atoms with Crippen LogP contribution in [0, 0.1) is 5.41 Å². The second-order valence-electron chi connectivity index (χ2n) is 6.03. The van der Waals surface area contributed by atoms with Crippen LogP contribution >= 0.6 is 0 Å². The maximum Gasteiger partial charge on any atom is 0.0483 e. The zero-order valence-corrected chi connectivity index (χ0v) is 10.2. The number of allylic oxidation sites excluding steroid dienone is 2. The summed E-state index contributed by atoms with van der Waals surface area (Å²) in [6.45, 7) is 12.1. The molecule has 0 fully saturated rings. The molecule has 0 heterocycles. The molecule has 1 aliphatic carbocycles. The topological polar surface area (TPSA) is 0 Å². The normalized spacial score (nSPS) is 22.6. The third-order valence-electron chi connectivity index (χ3n) is 2.44. The van der Waals surface area contributed by atoms with Crippen molar-refractivity contribution < 1.29 is 0 Å². The van der Waals surface area contributed by atoms with Gasteiger partial charge >= 0.3 is 0 Å². The van der Waals surface area contributed by atoms with Gasteiger partial charge in [0.1, 0.15) is 0 Å². The summed E-state index contributed by atoms with van der Waals surface area (Å²) in [6, 6.07) is 1.41. The van der Waals surface area contributed by atoms with Crippen molar-refractivity contribution in [2.45, 2.75) is 52.4 Å². The molecule has 0 aromatic carbocycles. The minimum Gasteiger partial charge on any atom is -0.0799 e. The Morgan fingerprint density at radius 2 is 1.92 bits per heavy atom. The Bertz CT molecular complexity index is 194. The van der Waals surface area contributed by atoms with Crippen molar-refractivity contribution in [2.24, 2.45) is 5.41 Å². The molecule has 0 N–H and O–H groups in total. The Kier molecular flexibility index (Phi) is 2.53. The van der Waals surface area contributed by atoms with Gasteiger partial charge in [-0.25, -0.2) is 0 Å². The molecule has 0 atom stereocenters. The smallest absolute Gasteiger partial charge is 0.0483 e. The fraction of sp³-hybridized carbons (Fsp3) is 0.818. The first-order valence-electron chi connectivity index (χ1n) is 4.99. The van der Waals surface area contributed by atoms with E-state index in [0.29, 0.717) is 5.41 Å². The van der Waals surface area contributed by atoms with E-state index in [4.69, 9.17) is 0 Å². The lowest BCUT2D eigenvalue weighted by atomic mass is 9.94. The third kappa shape index (κ3) is 3.14. The average molecular weight is 182 g/mol. The Hall–Kier alpha value is -0.0431. The van der Waals surface area contributed by atoms with E-state index in [1.54, 1.807) is 5.57 Å². The summed E-state index contributed by atoms with van der Waals surface area (Å²) in [5.74, 6) is 0. The van der Waals surface area contributed by atoms with Crippen molar-refractivity contribution >= 4 is 8.07 Å². The molecule has 1 rings (SSSR count). The van der Waals surface area contributed by atoms with Gasteiger partial charge in [0.25, 0.3) is 0 Å². The monoisotopic (exact) mass is 182 g/mol. The van der Waals surface area contributed by atoms with Gasteiger partial charge in [-0.05, 0) is 24.3 Å². The van der Waals surface area contributed by atoms with Gasteiger partial charge < -0.3 is 0 Å². The van der Waals surface area contributed by atoms with E-state index < -0.39 is 8.07 Å². The van der Waals surface area contributed by atoms with E-state index in [-0.39, 0.29) is 0 Å². The predicted octanol–water partition coefficient (Wildman–Crippen LogP) is 4.07. The molecule has 0 spiro atoms. The molecule has 70 valence electrons. The molecule has 0 aromatic rings. The van der Waals surface area contributed by atoms with Crippen LogP contribution in [0.15, 0.2) is 11.6 Å². The Labute approximate surface area is 78.1 Å². The highest BCUT2D eigenvalue weighted by atomic mass is 28.3. The van der Waals surface area contributed by atoms with E-state index in [1.165, 1.54) is 18.9 Å². The summed E-state index contributed by atoms with van der Waals surface area (Å²) < 4.78 is 0. The molecule has 1 heteroatoms. The summed E-state index contributed by atoms with van der Waals surface area (Å²) in [5.41, 5.74) is 2.23.